The van der Waals surface area contributed by atoms with E-state index in [0.717, 1.165) is 49.0 Å². The van der Waals surface area contributed by atoms with E-state index in [0.29, 0.717) is 61.8 Å². The number of nitrogens with zero attached hydrogens (tertiary/aromatic N) is 3. The van der Waals surface area contributed by atoms with E-state index in [4.69, 9.17) is 0 Å². The minimum Gasteiger partial charge on any atom is -0.339 e. The van der Waals surface area contributed by atoms with Crippen molar-refractivity contribution in [3.05, 3.63) is 45.8 Å². The Morgan fingerprint density at radius 2 is 1.50 bits per heavy atom. The van der Waals surface area contributed by atoms with Crippen LogP contribution >= 0.6 is 11.3 Å². The second-order valence-electron chi connectivity index (χ2n) is 10.8. The van der Waals surface area contributed by atoms with Crippen LogP contribution in [0.3, 0.4) is 0 Å². The Morgan fingerprint density at radius 3 is 2.02 bits per heavy atom. The number of sulfonamides is 1. The van der Waals surface area contributed by atoms with Gasteiger partial charge in [-0.25, -0.2) is 8.42 Å². The van der Waals surface area contributed by atoms with Crippen LogP contribution in [0.15, 0.2) is 29.2 Å². The molecule has 9 nitrogen and oxygen atoms in total. The van der Waals surface area contributed by atoms with E-state index in [-0.39, 0.29) is 16.7 Å². The van der Waals surface area contributed by atoms with Gasteiger partial charge in [-0.1, -0.05) is 40.5 Å². The molecular weight excluding hydrogens is 572 g/mol. The fraction of sp³-hybridized carbons (Fsp3) is 0.581. The maximum absolute atomic E-state index is 13.8. The van der Waals surface area contributed by atoms with E-state index < -0.39 is 15.9 Å². The molecule has 1 aliphatic rings. The van der Waals surface area contributed by atoms with Crippen LogP contribution in [0.25, 0.3) is 0 Å². The second-order valence-corrected chi connectivity index (χ2v) is 13.8. The highest BCUT2D eigenvalue weighted by molar-refractivity contribution is 7.89. The summed E-state index contributed by atoms with van der Waals surface area (Å²) in [5.41, 5.74) is 1.71. The Bertz CT molecular complexity index is 1320. The van der Waals surface area contributed by atoms with Crippen LogP contribution in [0.4, 0.5) is 5.00 Å². The molecule has 0 radical (unpaired) electrons. The first-order valence-corrected chi connectivity index (χ1v) is 17.4. The molecule has 2 aromatic rings. The van der Waals surface area contributed by atoms with Gasteiger partial charge in [-0.15, -0.1) is 11.3 Å². The third-order valence-electron chi connectivity index (χ3n) is 7.49. The van der Waals surface area contributed by atoms with Crippen molar-refractivity contribution in [1.82, 2.24) is 14.1 Å². The SMILES string of the molecule is CCCCN(CCCC)S(=O)(=O)c1ccc(C(=O)Nc2sc3c(c2C(=O)N(CCC)CCC)CCN(C(C)=O)C3)cc1. The Labute approximate surface area is 255 Å². The number of thiophene rings is 1. The Balaban J connectivity index is 1.90. The van der Waals surface area contributed by atoms with Gasteiger partial charge in [0.15, 0.2) is 0 Å². The van der Waals surface area contributed by atoms with Crippen molar-refractivity contribution < 1.29 is 22.8 Å². The van der Waals surface area contributed by atoms with Gasteiger partial charge >= 0.3 is 0 Å². The lowest BCUT2D eigenvalue weighted by atomic mass is 10.0. The number of hydrogen-bond donors (Lipinski definition) is 1. The van der Waals surface area contributed by atoms with E-state index in [1.54, 1.807) is 4.90 Å². The van der Waals surface area contributed by atoms with Crippen molar-refractivity contribution in [2.24, 2.45) is 0 Å². The van der Waals surface area contributed by atoms with Crippen LogP contribution in [0.2, 0.25) is 0 Å². The zero-order chi connectivity index (χ0) is 30.9. The lowest BCUT2D eigenvalue weighted by Crippen LogP contribution is -2.36. The fourth-order valence-electron chi connectivity index (χ4n) is 5.12. The largest absolute Gasteiger partial charge is 0.339 e. The molecule has 1 aromatic heterocycles. The van der Waals surface area contributed by atoms with Gasteiger partial charge in [0.05, 0.1) is 17.0 Å². The molecule has 1 N–H and O–H groups in total. The molecule has 0 fully saturated rings. The number of carbonyl (C=O) groups is 3. The number of unbranched alkanes of at least 4 members (excludes halogenated alkanes) is 2. The molecule has 0 spiro atoms. The van der Waals surface area contributed by atoms with Crippen LogP contribution in [0.1, 0.15) is 104 Å². The number of hydrogen-bond acceptors (Lipinski definition) is 6. The highest BCUT2D eigenvalue weighted by atomic mass is 32.2. The Morgan fingerprint density at radius 1 is 0.905 bits per heavy atom. The van der Waals surface area contributed by atoms with E-state index in [9.17, 15) is 22.8 Å². The maximum atomic E-state index is 13.8. The topological polar surface area (TPSA) is 107 Å². The summed E-state index contributed by atoms with van der Waals surface area (Å²) in [6.45, 7) is 12.8. The summed E-state index contributed by atoms with van der Waals surface area (Å²) in [7, 11) is -3.68. The molecule has 0 saturated carbocycles. The molecule has 2 heterocycles. The van der Waals surface area contributed by atoms with Gasteiger partial charge in [-0.3, -0.25) is 14.4 Å². The number of rotatable bonds is 15. The average Bonchev–Trinajstić information content (AvgIpc) is 3.33. The number of nitrogens with one attached hydrogen (secondary N) is 1. The normalized spacial score (nSPS) is 13.2. The Kier molecular flexibility index (Phi) is 12.6. The van der Waals surface area contributed by atoms with Crippen LogP contribution in [-0.4, -0.2) is 73.0 Å². The summed E-state index contributed by atoms with van der Waals surface area (Å²) in [4.78, 5) is 43.9. The Hall–Kier alpha value is -2.76. The van der Waals surface area contributed by atoms with Crippen molar-refractivity contribution in [1.29, 1.82) is 0 Å². The van der Waals surface area contributed by atoms with Gasteiger partial charge in [0.25, 0.3) is 11.8 Å². The number of anilines is 1. The van der Waals surface area contributed by atoms with E-state index in [1.807, 2.05) is 32.6 Å². The lowest BCUT2D eigenvalue weighted by molar-refractivity contribution is -0.129. The fourth-order valence-corrected chi connectivity index (χ4v) is 7.89. The van der Waals surface area contributed by atoms with Gasteiger partial charge in [0, 0.05) is 50.1 Å². The number of fused-ring (bicyclic) bond motifs is 1. The van der Waals surface area contributed by atoms with Crippen molar-refractivity contribution in [3.8, 4) is 0 Å². The number of benzene rings is 1. The minimum absolute atomic E-state index is 0.0240. The summed E-state index contributed by atoms with van der Waals surface area (Å²) in [6, 6.07) is 6.01. The monoisotopic (exact) mass is 618 g/mol. The first-order valence-electron chi connectivity index (χ1n) is 15.2. The molecule has 42 heavy (non-hydrogen) atoms. The van der Waals surface area contributed by atoms with Gasteiger partial charge < -0.3 is 15.1 Å². The van der Waals surface area contributed by atoms with Gasteiger partial charge in [-0.2, -0.15) is 4.31 Å². The van der Waals surface area contributed by atoms with Crippen molar-refractivity contribution in [2.75, 3.05) is 38.0 Å². The lowest BCUT2D eigenvalue weighted by Gasteiger charge is -2.27. The third kappa shape index (κ3) is 7.99. The highest BCUT2D eigenvalue weighted by Gasteiger charge is 2.32. The average molecular weight is 619 g/mol. The summed E-state index contributed by atoms with van der Waals surface area (Å²) in [5, 5.41) is 3.43. The highest BCUT2D eigenvalue weighted by Crippen LogP contribution is 2.38. The smallest absolute Gasteiger partial charge is 0.257 e. The van der Waals surface area contributed by atoms with Gasteiger partial charge in [0.2, 0.25) is 15.9 Å². The summed E-state index contributed by atoms with van der Waals surface area (Å²) in [5.74, 6) is -0.547. The van der Waals surface area contributed by atoms with Crippen LogP contribution in [0, 0.1) is 0 Å². The second kappa shape index (κ2) is 15.6. The molecular formula is C31H46N4O5S2. The molecule has 0 aliphatic carbocycles. The van der Waals surface area contributed by atoms with Crippen molar-refractivity contribution >= 4 is 44.1 Å². The predicted octanol–water partition coefficient (Wildman–Crippen LogP) is 5.76. The zero-order valence-electron chi connectivity index (χ0n) is 25.7. The van der Waals surface area contributed by atoms with Crippen LogP contribution in [0.5, 0.6) is 0 Å². The van der Waals surface area contributed by atoms with Crippen molar-refractivity contribution in [3.63, 3.8) is 0 Å². The molecule has 0 atom stereocenters. The molecule has 3 amide bonds. The minimum atomic E-state index is -3.68. The third-order valence-corrected chi connectivity index (χ3v) is 10.5. The molecule has 0 bridgehead atoms. The molecule has 1 aromatic carbocycles. The number of carbonyl (C=O) groups excluding carboxylic acids is 3. The van der Waals surface area contributed by atoms with E-state index >= 15 is 0 Å². The van der Waals surface area contributed by atoms with Crippen LogP contribution < -0.4 is 5.32 Å². The molecule has 232 valence electrons. The van der Waals surface area contributed by atoms with Gasteiger partial charge in [-0.05, 0) is 61.9 Å². The number of amides is 3. The van der Waals surface area contributed by atoms with Gasteiger partial charge in [0.1, 0.15) is 5.00 Å². The molecule has 0 saturated heterocycles. The summed E-state index contributed by atoms with van der Waals surface area (Å²) < 4.78 is 28.2. The molecule has 11 heteroatoms. The first-order chi connectivity index (χ1) is 20.1. The van der Waals surface area contributed by atoms with E-state index in [2.05, 4.69) is 5.32 Å². The van der Waals surface area contributed by atoms with Crippen molar-refractivity contribution in [2.45, 2.75) is 91.0 Å². The predicted molar refractivity (Wildman–Crippen MR) is 169 cm³/mol. The molecule has 0 unspecified atom stereocenters. The van der Waals surface area contributed by atoms with Crippen LogP contribution in [-0.2, 0) is 27.8 Å². The zero-order valence-corrected chi connectivity index (χ0v) is 27.3. The molecule has 1 aliphatic heterocycles. The maximum Gasteiger partial charge on any atom is 0.257 e. The summed E-state index contributed by atoms with van der Waals surface area (Å²) >= 11 is 1.34. The summed E-state index contributed by atoms with van der Waals surface area (Å²) in [6.07, 6.45) is 5.56. The van der Waals surface area contributed by atoms with E-state index in [1.165, 1.54) is 46.8 Å². The standard InChI is InChI=1S/C31H46N4O5S2/c1-6-10-19-35(20-11-7-2)42(39,40)25-14-12-24(13-15-25)29(37)32-30-28(31(38)33(17-8-3)18-9-4)26-16-21-34(23(5)36)22-27(26)41-30/h12-15H,6-11,16-22H2,1-5H3,(H,32,37). The quantitative estimate of drug-likeness (QED) is 0.273. The molecule has 3 rings (SSSR count). The first kappa shape index (κ1) is 33.7.